The molecule has 7 rings (SSSR count). The van der Waals surface area contributed by atoms with Crippen LogP contribution in [0.1, 0.15) is 78.1 Å². The predicted octanol–water partition coefficient (Wildman–Crippen LogP) is 4.08. The quantitative estimate of drug-likeness (QED) is 0.344. The van der Waals surface area contributed by atoms with E-state index >= 15 is 0 Å². The highest BCUT2D eigenvalue weighted by molar-refractivity contribution is 7.86. The summed E-state index contributed by atoms with van der Waals surface area (Å²) in [4.78, 5) is 38.4. The van der Waals surface area contributed by atoms with E-state index < -0.39 is 21.6 Å². The summed E-state index contributed by atoms with van der Waals surface area (Å²) in [7, 11) is -3.53. The van der Waals surface area contributed by atoms with Gasteiger partial charge in [0.05, 0.1) is 5.56 Å². The molecule has 6 heterocycles. The summed E-state index contributed by atoms with van der Waals surface area (Å²) in [5.41, 5.74) is -0.450. The summed E-state index contributed by atoms with van der Waals surface area (Å²) >= 11 is 0. The van der Waals surface area contributed by atoms with Gasteiger partial charge in [-0.25, -0.2) is 14.2 Å². The molecule has 5 saturated heterocycles. The van der Waals surface area contributed by atoms with Crippen LogP contribution in [-0.4, -0.2) is 149 Å². The molecule has 2 spiro atoms. The second kappa shape index (κ2) is 14.7. The van der Waals surface area contributed by atoms with Crippen molar-refractivity contribution in [1.29, 1.82) is 0 Å². The van der Waals surface area contributed by atoms with Crippen LogP contribution in [-0.2, 0) is 14.9 Å². The Labute approximate surface area is 324 Å². The van der Waals surface area contributed by atoms with Crippen molar-refractivity contribution in [2.75, 3.05) is 76.9 Å². The third-order valence-electron chi connectivity index (χ3n) is 11.7. The molecule has 0 radical (unpaired) electrons. The molecule has 0 saturated carbocycles. The molecular formula is C38H56FN9O6S. The van der Waals surface area contributed by atoms with Crippen molar-refractivity contribution in [3.8, 4) is 11.6 Å². The van der Waals surface area contributed by atoms with E-state index in [0.717, 1.165) is 52.0 Å². The number of amides is 2. The smallest absolute Gasteiger partial charge is 0.410 e. The fraction of sp³-hybridized carbons (Fsp3) is 0.711. The number of hydrogen-bond acceptors (Lipinski definition) is 11. The first-order valence-corrected chi connectivity index (χ1v) is 20.9. The van der Waals surface area contributed by atoms with Gasteiger partial charge in [-0.3, -0.25) is 4.79 Å². The zero-order valence-electron chi connectivity index (χ0n) is 33.2. The molecule has 17 heteroatoms. The molecule has 2 amide bonds. The minimum Gasteiger partial charge on any atom is -0.444 e. The van der Waals surface area contributed by atoms with Crippen molar-refractivity contribution in [3.05, 3.63) is 35.9 Å². The van der Waals surface area contributed by atoms with E-state index in [1.807, 2.05) is 48.5 Å². The molecule has 15 nitrogen and oxygen atoms in total. The van der Waals surface area contributed by atoms with E-state index in [1.165, 1.54) is 24.5 Å². The molecule has 0 N–H and O–H groups in total. The van der Waals surface area contributed by atoms with Crippen LogP contribution in [0.5, 0.6) is 11.6 Å². The highest BCUT2D eigenvalue weighted by Gasteiger charge is 2.58. The molecule has 1 aromatic heterocycles. The lowest BCUT2D eigenvalue weighted by Gasteiger charge is -2.60. The summed E-state index contributed by atoms with van der Waals surface area (Å²) in [6, 6.07) is 3.72. The lowest BCUT2D eigenvalue weighted by Crippen LogP contribution is -2.75. The Bertz CT molecular complexity index is 1850. The monoisotopic (exact) mass is 785 g/mol. The second-order valence-electron chi connectivity index (χ2n) is 18.0. The van der Waals surface area contributed by atoms with Gasteiger partial charge in [0.15, 0.2) is 5.82 Å². The van der Waals surface area contributed by atoms with Crippen molar-refractivity contribution in [3.63, 3.8) is 0 Å². The third-order valence-corrected chi connectivity index (χ3v) is 13.6. The van der Waals surface area contributed by atoms with Crippen LogP contribution in [0.15, 0.2) is 24.5 Å². The number of likely N-dealkylation sites (tertiary alicyclic amines) is 2. The van der Waals surface area contributed by atoms with Gasteiger partial charge >= 0.3 is 6.09 Å². The maximum absolute atomic E-state index is 14.4. The van der Waals surface area contributed by atoms with Gasteiger partial charge < -0.3 is 29.1 Å². The third kappa shape index (κ3) is 8.12. The van der Waals surface area contributed by atoms with Crippen molar-refractivity contribution in [2.24, 2.45) is 16.7 Å². The Morgan fingerprint density at radius 2 is 1.64 bits per heavy atom. The van der Waals surface area contributed by atoms with Gasteiger partial charge in [0.1, 0.15) is 23.5 Å². The zero-order valence-corrected chi connectivity index (χ0v) is 34.0. The van der Waals surface area contributed by atoms with Crippen molar-refractivity contribution in [2.45, 2.75) is 85.4 Å². The molecule has 302 valence electrons. The van der Waals surface area contributed by atoms with E-state index in [0.29, 0.717) is 51.0 Å². The molecule has 5 aliphatic heterocycles. The lowest BCUT2D eigenvalue weighted by molar-refractivity contribution is -0.0865. The molecule has 0 bridgehead atoms. The number of ether oxygens (including phenoxy) is 2. The Morgan fingerprint density at radius 3 is 2.27 bits per heavy atom. The number of rotatable bonds is 10. The SMILES string of the molecule is CC(C)N(C(=O)c1cc(F)ccc1Oc1nncnc1N1CC[C@@H](CN2CC3(CCN(S(=O)(=O)N4CC5(CN(C(=O)OC(C)(C)C)C5)C4)CC3)C2)C1)C(C)C. The first kappa shape index (κ1) is 39.6. The van der Waals surface area contributed by atoms with Crippen LogP contribution in [0.25, 0.3) is 0 Å². The van der Waals surface area contributed by atoms with Gasteiger partial charge in [0.2, 0.25) is 0 Å². The van der Waals surface area contributed by atoms with E-state index in [-0.39, 0.29) is 52.1 Å². The topological polar surface area (TPSA) is 145 Å². The number of benzene rings is 1. The van der Waals surface area contributed by atoms with E-state index in [2.05, 4.69) is 25.0 Å². The summed E-state index contributed by atoms with van der Waals surface area (Å²) in [5, 5.41) is 8.18. The highest BCUT2D eigenvalue weighted by atomic mass is 32.2. The van der Waals surface area contributed by atoms with Crippen LogP contribution in [0.3, 0.4) is 0 Å². The Balaban J connectivity index is 0.882. The molecule has 55 heavy (non-hydrogen) atoms. The molecule has 1 atom stereocenters. The van der Waals surface area contributed by atoms with Crippen molar-refractivity contribution >= 4 is 28.0 Å². The fourth-order valence-corrected chi connectivity index (χ4v) is 11.0. The first-order chi connectivity index (χ1) is 25.9. The lowest BCUT2D eigenvalue weighted by atomic mass is 9.72. The molecule has 1 aromatic carbocycles. The number of carbonyl (C=O) groups excluding carboxylic acids is 2. The van der Waals surface area contributed by atoms with Gasteiger partial charge in [-0.05, 0) is 97.3 Å². The maximum Gasteiger partial charge on any atom is 0.410 e. The van der Waals surface area contributed by atoms with E-state index in [9.17, 15) is 22.4 Å². The molecule has 2 aromatic rings. The molecular weight excluding hydrogens is 730 g/mol. The Hall–Kier alpha value is -3.67. The minimum absolute atomic E-state index is 0.0952. The van der Waals surface area contributed by atoms with Gasteiger partial charge in [-0.2, -0.15) is 17.0 Å². The Morgan fingerprint density at radius 1 is 0.964 bits per heavy atom. The normalized spacial score (nSPS) is 22.8. The fourth-order valence-electron chi connectivity index (χ4n) is 9.13. The summed E-state index contributed by atoms with van der Waals surface area (Å²) in [5.74, 6) is 0.426. The van der Waals surface area contributed by atoms with Gasteiger partial charge in [-0.1, -0.05) is 0 Å². The van der Waals surface area contributed by atoms with Crippen LogP contribution >= 0.6 is 0 Å². The molecule has 5 fully saturated rings. The predicted molar refractivity (Wildman–Crippen MR) is 203 cm³/mol. The molecule has 0 aliphatic carbocycles. The molecule has 0 unspecified atom stereocenters. The highest BCUT2D eigenvalue weighted by Crippen LogP contribution is 2.45. The number of carbonyl (C=O) groups is 2. The summed E-state index contributed by atoms with van der Waals surface area (Å²) < 4.78 is 56.3. The van der Waals surface area contributed by atoms with E-state index in [1.54, 1.807) is 18.4 Å². The number of hydrogen-bond donors (Lipinski definition) is 0. The second-order valence-corrected chi connectivity index (χ2v) is 19.9. The summed E-state index contributed by atoms with van der Waals surface area (Å²) in [6.45, 7) is 20.6. The van der Waals surface area contributed by atoms with Crippen LogP contribution in [0.2, 0.25) is 0 Å². The maximum atomic E-state index is 14.4. The first-order valence-electron chi connectivity index (χ1n) is 19.5. The standard InChI is InChI=1S/C38H56FN9O6S/c1-26(2)48(27(3)4)34(49)30-16-29(39)8-9-31(30)53-33-32(40-25-41-42-33)44-13-10-28(18-44)17-43-19-37(20-43)11-14-46(15-12-37)55(51,52)47-23-38(24-47)21-45(22-38)35(50)54-36(5,6)7/h8-9,16,25-28H,10-15,17-24H2,1-7H3/t28-/m0/s1. The number of aromatic nitrogens is 3. The van der Waals surface area contributed by atoms with E-state index in [4.69, 9.17) is 9.47 Å². The number of anilines is 1. The zero-order chi connectivity index (χ0) is 39.5. The van der Waals surface area contributed by atoms with Gasteiger partial charge in [0, 0.05) is 89.5 Å². The minimum atomic E-state index is -3.53. The molecule has 5 aliphatic rings. The van der Waals surface area contributed by atoms with Crippen molar-refractivity contribution < 1.29 is 31.9 Å². The summed E-state index contributed by atoms with van der Waals surface area (Å²) in [6.07, 6.45) is 3.69. The largest absolute Gasteiger partial charge is 0.444 e. The van der Waals surface area contributed by atoms with Gasteiger partial charge in [0.25, 0.3) is 22.0 Å². The van der Waals surface area contributed by atoms with Crippen LogP contribution < -0.4 is 9.64 Å². The van der Waals surface area contributed by atoms with Crippen LogP contribution in [0, 0.1) is 22.6 Å². The Kier molecular flexibility index (Phi) is 10.6. The number of halogens is 1. The number of piperidine rings is 1. The van der Waals surface area contributed by atoms with Gasteiger partial charge in [-0.15, -0.1) is 10.2 Å². The van der Waals surface area contributed by atoms with Crippen LogP contribution in [0.4, 0.5) is 15.0 Å². The average molecular weight is 786 g/mol. The number of nitrogens with zero attached hydrogens (tertiary/aromatic N) is 9. The van der Waals surface area contributed by atoms with Crippen molar-refractivity contribution in [1.82, 2.24) is 38.5 Å². The average Bonchev–Trinajstić information content (AvgIpc) is 3.51.